The maximum absolute atomic E-state index is 13.1. The van der Waals surface area contributed by atoms with Crippen molar-refractivity contribution in [1.29, 1.82) is 0 Å². The molecule has 0 bridgehead atoms. The average Bonchev–Trinajstić information content (AvgIpc) is 2.90. The van der Waals surface area contributed by atoms with Crippen molar-refractivity contribution >= 4 is 21.8 Å². The molecule has 1 amide bonds. The predicted molar refractivity (Wildman–Crippen MR) is 102 cm³/mol. The van der Waals surface area contributed by atoms with Crippen LogP contribution in [0.3, 0.4) is 0 Å². The van der Waals surface area contributed by atoms with Gasteiger partial charge in [0.25, 0.3) is 10.0 Å². The molecule has 142 valence electrons. The van der Waals surface area contributed by atoms with E-state index in [9.17, 15) is 13.2 Å². The number of benzene rings is 1. The summed E-state index contributed by atoms with van der Waals surface area (Å²) in [7, 11) is -3.60. The van der Waals surface area contributed by atoms with Crippen LogP contribution in [0, 0.1) is 11.8 Å². The van der Waals surface area contributed by atoms with Crippen molar-refractivity contribution in [1.82, 2.24) is 9.62 Å². The standard InChI is InChI=1S/C19H27N3O3S/c1-4-14(3)17(19(23)22-11-9-13(2)10-12-22)20-18-15-7-5-6-8-16(15)26(24,25)21-18/h5-8,13-14,17H,4,9-12H2,1-3H3,(H,20,21)/t14-,17-/m0/s1. The third-order valence-corrected chi connectivity index (χ3v) is 6.86. The number of fused-ring (bicyclic) bond motifs is 1. The molecule has 0 spiro atoms. The van der Waals surface area contributed by atoms with Crippen molar-refractivity contribution in [2.45, 2.75) is 51.0 Å². The Morgan fingerprint density at radius 1 is 1.31 bits per heavy atom. The summed E-state index contributed by atoms with van der Waals surface area (Å²) in [6.45, 7) is 7.73. The first-order valence-corrected chi connectivity index (χ1v) is 10.8. The van der Waals surface area contributed by atoms with Crippen LogP contribution >= 0.6 is 0 Å². The lowest BCUT2D eigenvalue weighted by molar-refractivity contribution is -0.135. The van der Waals surface area contributed by atoms with Gasteiger partial charge in [-0.1, -0.05) is 39.3 Å². The lowest BCUT2D eigenvalue weighted by atomic mass is 9.95. The molecule has 1 N–H and O–H groups in total. The minimum Gasteiger partial charge on any atom is -0.341 e. The van der Waals surface area contributed by atoms with Crippen molar-refractivity contribution in [3.05, 3.63) is 29.8 Å². The van der Waals surface area contributed by atoms with Crippen molar-refractivity contribution in [2.75, 3.05) is 13.1 Å². The van der Waals surface area contributed by atoms with Gasteiger partial charge in [-0.2, -0.15) is 0 Å². The second-order valence-electron chi connectivity index (χ2n) is 7.42. The normalized spacial score (nSPS) is 23.3. The molecule has 2 atom stereocenters. The maximum Gasteiger partial charge on any atom is 0.263 e. The molecule has 0 unspecified atom stereocenters. The molecule has 2 heterocycles. The number of nitrogens with zero attached hydrogens (tertiary/aromatic N) is 2. The van der Waals surface area contributed by atoms with Crippen LogP contribution in [0.15, 0.2) is 34.2 Å². The fraction of sp³-hybridized carbons (Fsp3) is 0.579. The summed E-state index contributed by atoms with van der Waals surface area (Å²) >= 11 is 0. The number of aliphatic imine (C=N–C) groups is 1. The number of hydrogen-bond donors (Lipinski definition) is 1. The van der Waals surface area contributed by atoms with Gasteiger partial charge in [0.1, 0.15) is 11.9 Å². The largest absolute Gasteiger partial charge is 0.341 e. The number of carbonyl (C=O) groups excluding carboxylic acids is 1. The average molecular weight is 378 g/mol. The van der Waals surface area contributed by atoms with Crippen LogP contribution in [0.4, 0.5) is 0 Å². The number of sulfonamides is 1. The Morgan fingerprint density at radius 2 is 1.96 bits per heavy atom. The number of piperidine rings is 1. The molecular weight excluding hydrogens is 350 g/mol. The van der Waals surface area contributed by atoms with Gasteiger partial charge in [0, 0.05) is 18.7 Å². The minimum absolute atomic E-state index is 0.00216. The van der Waals surface area contributed by atoms with E-state index in [1.807, 2.05) is 18.7 Å². The Morgan fingerprint density at radius 3 is 2.62 bits per heavy atom. The molecule has 0 aromatic heterocycles. The van der Waals surface area contributed by atoms with Crippen molar-refractivity contribution in [3.63, 3.8) is 0 Å². The first kappa shape index (κ1) is 18.9. The fourth-order valence-corrected chi connectivity index (χ4v) is 4.67. The molecule has 0 radical (unpaired) electrons. The lowest BCUT2D eigenvalue weighted by Crippen LogP contribution is -2.45. The molecule has 1 aromatic carbocycles. The molecule has 0 saturated carbocycles. The van der Waals surface area contributed by atoms with Crippen LogP contribution in [-0.2, 0) is 14.8 Å². The van der Waals surface area contributed by atoms with Gasteiger partial charge in [-0.25, -0.2) is 8.42 Å². The Balaban J connectivity index is 1.92. The molecule has 0 aliphatic carbocycles. The highest BCUT2D eigenvalue weighted by molar-refractivity contribution is 7.90. The minimum atomic E-state index is -3.60. The van der Waals surface area contributed by atoms with Gasteiger partial charge < -0.3 is 4.90 Å². The molecule has 6 nitrogen and oxygen atoms in total. The molecule has 2 aliphatic rings. The van der Waals surface area contributed by atoms with Crippen LogP contribution in [0.5, 0.6) is 0 Å². The summed E-state index contributed by atoms with van der Waals surface area (Å²) in [5, 5.41) is 0. The van der Waals surface area contributed by atoms with Crippen molar-refractivity contribution < 1.29 is 13.2 Å². The van der Waals surface area contributed by atoms with Gasteiger partial charge in [-0.05, 0) is 36.8 Å². The Kier molecular flexibility index (Phi) is 5.37. The van der Waals surface area contributed by atoms with Crippen LogP contribution in [0.1, 0.15) is 45.6 Å². The van der Waals surface area contributed by atoms with E-state index >= 15 is 0 Å². The summed E-state index contributed by atoms with van der Waals surface area (Å²) in [4.78, 5) is 19.8. The summed E-state index contributed by atoms with van der Waals surface area (Å²) in [5.74, 6) is 0.958. The number of nitrogens with one attached hydrogen (secondary N) is 1. The van der Waals surface area contributed by atoms with E-state index in [4.69, 9.17) is 0 Å². The Bertz CT molecular complexity index is 811. The van der Waals surface area contributed by atoms with Gasteiger partial charge >= 0.3 is 0 Å². The van der Waals surface area contributed by atoms with E-state index in [-0.39, 0.29) is 22.6 Å². The lowest BCUT2D eigenvalue weighted by Gasteiger charge is -2.33. The number of amidine groups is 1. The topological polar surface area (TPSA) is 78.8 Å². The molecule has 26 heavy (non-hydrogen) atoms. The third-order valence-electron chi connectivity index (χ3n) is 5.46. The highest BCUT2D eigenvalue weighted by Crippen LogP contribution is 2.25. The monoisotopic (exact) mass is 377 g/mol. The second kappa shape index (κ2) is 7.39. The predicted octanol–water partition coefficient (Wildman–Crippen LogP) is 2.40. The van der Waals surface area contributed by atoms with Crippen molar-refractivity contribution in [2.24, 2.45) is 16.8 Å². The molecule has 1 saturated heterocycles. The quantitative estimate of drug-likeness (QED) is 0.875. The van der Waals surface area contributed by atoms with Crippen LogP contribution in [0.25, 0.3) is 0 Å². The van der Waals surface area contributed by atoms with Gasteiger partial charge in [0.2, 0.25) is 5.91 Å². The third kappa shape index (κ3) is 3.63. The highest BCUT2D eigenvalue weighted by atomic mass is 32.2. The van der Waals surface area contributed by atoms with Gasteiger partial charge in [0.15, 0.2) is 0 Å². The van der Waals surface area contributed by atoms with Gasteiger partial charge in [0.05, 0.1) is 4.90 Å². The summed E-state index contributed by atoms with van der Waals surface area (Å²) in [6.07, 6.45) is 2.81. The van der Waals surface area contributed by atoms with E-state index < -0.39 is 16.1 Å². The van der Waals surface area contributed by atoms with E-state index in [1.54, 1.807) is 24.3 Å². The second-order valence-corrected chi connectivity index (χ2v) is 9.07. The molecule has 1 fully saturated rings. The van der Waals surface area contributed by atoms with E-state index in [2.05, 4.69) is 16.6 Å². The first-order chi connectivity index (χ1) is 12.3. The summed E-state index contributed by atoms with van der Waals surface area (Å²) in [6, 6.07) is 6.19. The van der Waals surface area contributed by atoms with Crippen LogP contribution in [-0.4, -0.2) is 44.2 Å². The zero-order valence-corrected chi connectivity index (χ0v) is 16.4. The molecule has 3 rings (SSSR count). The molecular formula is C19H27N3O3S. The number of hydrogen-bond acceptors (Lipinski definition) is 4. The molecule has 7 heteroatoms. The highest BCUT2D eigenvalue weighted by Gasteiger charge is 2.35. The summed E-state index contributed by atoms with van der Waals surface area (Å²) < 4.78 is 27.1. The van der Waals surface area contributed by atoms with E-state index in [0.29, 0.717) is 11.5 Å². The van der Waals surface area contributed by atoms with Gasteiger partial charge in [-0.3, -0.25) is 14.5 Å². The molecule has 1 aromatic rings. The first-order valence-electron chi connectivity index (χ1n) is 9.32. The smallest absolute Gasteiger partial charge is 0.263 e. The van der Waals surface area contributed by atoms with Gasteiger partial charge in [-0.15, -0.1) is 0 Å². The van der Waals surface area contributed by atoms with E-state index in [1.165, 1.54) is 0 Å². The number of amides is 1. The number of carbonyl (C=O) groups is 1. The Labute approximate surface area is 155 Å². The summed E-state index contributed by atoms with van der Waals surface area (Å²) in [5.41, 5.74) is 0.542. The van der Waals surface area contributed by atoms with Crippen LogP contribution in [0.2, 0.25) is 0 Å². The SMILES string of the molecule is CC[C@H](C)[C@H](N=C1NS(=O)(=O)c2ccccc21)C(=O)N1CCC(C)CC1. The van der Waals surface area contributed by atoms with Crippen molar-refractivity contribution in [3.8, 4) is 0 Å². The fourth-order valence-electron chi connectivity index (χ4n) is 3.43. The molecule has 2 aliphatic heterocycles. The zero-order valence-electron chi connectivity index (χ0n) is 15.6. The van der Waals surface area contributed by atoms with Crippen LogP contribution < -0.4 is 4.72 Å². The Hall–Kier alpha value is -1.89. The number of rotatable bonds is 4. The maximum atomic E-state index is 13.1. The van der Waals surface area contributed by atoms with E-state index in [0.717, 1.165) is 32.4 Å². The number of likely N-dealkylation sites (tertiary alicyclic amines) is 1. The zero-order chi connectivity index (χ0) is 18.9.